The van der Waals surface area contributed by atoms with E-state index < -0.39 is 0 Å². The molecule has 0 atom stereocenters. The molecule has 0 aliphatic heterocycles. The Labute approximate surface area is 176 Å². The van der Waals surface area contributed by atoms with E-state index in [-0.39, 0.29) is 11.4 Å². The summed E-state index contributed by atoms with van der Waals surface area (Å²) in [6.45, 7) is 2.76. The van der Waals surface area contributed by atoms with Gasteiger partial charge in [0.15, 0.2) is 11.5 Å². The van der Waals surface area contributed by atoms with E-state index in [0.29, 0.717) is 18.1 Å². The van der Waals surface area contributed by atoms with Crippen molar-refractivity contribution in [3.05, 3.63) is 58.4 Å². The largest absolute Gasteiger partial charge is 0.455 e. The molecule has 4 rings (SSSR count). The fraction of sp³-hybridized carbons (Fsp3) is 0.0909. The Kier molecular flexibility index (Phi) is 4.93. The van der Waals surface area contributed by atoms with Gasteiger partial charge in [-0.25, -0.2) is 0 Å². The van der Waals surface area contributed by atoms with Crippen LogP contribution in [0.4, 0.5) is 0 Å². The number of thiophene rings is 1. The van der Waals surface area contributed by atoms with Gasteiger partial charge in [-0.1, -0.05) is 0 Å². The molecule has 0 aliphatic carbocycles. The lowest BCUT2D eigenvalue weighted by atomic mass is 10.3. The van der Waals surface area contributed by atoms with E-state index in [9.17, 15) is 0 Å². The van der Waals surface area contributed by atoms with Gasteiger partial charge in [-0.05, 0) is 43.3 Å². The van der Waals surface area contributed by atoms with E-state index in [0.717, 1.165) is 32.3 Å². The van der Waals surface area contributed by atoms with Gasteiger partial charge in [-0.2, -0.15) is 10.5 Å². The molecule has 0 spiro atoms. The van der Waals surface area contributed by atoms with Crippen molar-refractivity contribution in [1.82, 2.24) is 4.57 Å². The molecule has 148 valence electrons. The average Bonchev–Trinajstić information content (AvgIpc) is 3.49. The van der Waals surface area contributed by atoms with Crippen LogP contribution in [0.15, 0.2) is 56.6 Å². The molecule has 0 bridgehead atoms. The average molecular weight is 415 g/mol. The van der Waals surface area contributed by atoms with Crippen LogP contribution in [0.1, 0.15) is 17.6 Å². The highest BCUT2D eigenvalue weighted by molar-refractivity contribution is 7.19. The van der Waals surface area contributed by atoms with Gasteiger partial charge >= 0.3 is 0 Å². The molecule has 0 unspecified atom stereocenters. The molecule has 4 heterocycles. The molecular weight excluding hydrogens is 398 g/mol. The standard InChI is InChI=1S/C22H17N5O2S/c1-2-27-17(19-6-3-15(28-19)7-13(25)11-23)4-5-18(27)20-10-22-21(29-20)9-16(30-22)8-14(26)12-24/h3-10H,2,25-26H2,1H3/b13-7+,14-8-. The lowest BCUT2D eigenvalue weighted by molar-refractivity contribution is 0.562. The van der Waals surface area contributed by atoms with E-state index in [1.807, 2.05) is 49.4 Å². The maximum Gasteiger partial charge on any atom is 0.152 e. The summed E-state index contributed by atoms with van der Waals surface area (Å²) in [6, 6.07) is 15.2. The van der Waals surface area contributed by atoms with Gasteiger partial charge < -0.3 is 24.9 Å². The third-order valence-electron chi connectivity index (χ3n) is 4.51. The molecule has 4 aromatic rings. The molecular formula is C22H17N5O2S. The number of hydrogen-bond acceptors (Lipinski definition) is 7. The van der Waals surface area contributed by atoms with Crippen LogP contribution in [-0.4, -0.2) is 4.57 Å². The van der Waals surface area contributed by atoms with Gasteiger partial charge in [0.25, 0.3) is 0 Å². The minimum atomic E-state index is 0.0869. The Hall–Kier alpha value is -4.14. The van der Waals surface area contributed by atoms with Crippen molar-refractivity contribution in [1.29, 1.82) is 10.5 Å². The normalized spacial score (nSPS) is 12.2. The molecule has 0 saturated carbocycles. The summed E-state index contributed by atoms with van der Waals surface area (Å²) >= 11 is 1.51. The number of rotatable bonds is 5. The van der Waals surface area contributed by atoms with E-state index in [1.165, 1.54) is 17.4 Å². The van der Waals surface area contributed by atoms with E-state index in [4.69, 9.17) is 30.8 Å². The van der Waals surface area contributed by atoms with Crippen LogP contribution in [0.2, 0.25) is 0 Å². The number of nitrogens with two attached hydrogens (primary N) is 2. The van der Waals surface area contributed by atoms with Crippen molar-refractivity contribution >= 4 is 33.8 Å². The number of fused-ring (bicyclic) bond motifs is 1. The number of allylic oxidation sites excluding steroid dienone is 2. The fourth-order valence-electron chi connectivity index (χ4n) is 3.23. The smallest absolute Gasteiger partial charge is 0.152 e. The lowest BCUT2D eigenvalue weighted by Gasteiger charge is -2.08. The summed E-state index contributed by atoms with van der Waals surface area (Å²) < 4.78 is 15.0. The summed E-state index contributed by atoms with van der Waals surface area (Å²) in [5, 5.41) is 17.7. The van der Waals surface area contributed by atoms with Crippen LogP contribution in [0.5, 0.6) is 0 Å². The molecule has 8 heteroatoms. The predicted octanol–water partition coefficient (Wildman–Crippen LogP) is 4.89. The highest BCUT2D eigenvalue weighted by atomic mass is 32.1. The third kappa shape index (κ3) is 3.48. The van der Waals surface area contributed by atoms with Crippen LogP contribution in [0, 0.1) is 22.7 Å². The van der Waals surface area contributed by atoms with E-state index in [2.05, 4.69) is 4.57 Å². The van der Waals surface area contributed by atoms with Crippen LogP contribution in [0.3, 0.4) is 0 Å². The number of furan rings is 2. The second kappa shape index (κ2) is 7.70. The molecule has 0 fully saturated rings. The third-order valence-corrected chi connectivity index (χ3v) is 5.52. The summed E-state index contributed by atoms with van der Waals surface area (Å²) in [6.07, 6.45) is 3.13. The molecule has 7 nitrogen and oxygen atoms in total. The summed E-state index contributed by atoms with van der Waals surface area (Å²) in [5.74, 6) is 1.94. The van der Waals surface area contributed by atoms with E-state index in [1.54, 1.807) is 12.1 Å². The first-order chi connectivity index (χ1) is 14.5. The first-order valence-corrected chi connectivity index (χ1v) is 9.92. The monoisotopic (exact) mass is 415 g/mol. The Morgan fingerprint density at radius 1 is 1.00 bits per heavy atom. The second-order valence-corrected chi connectivity index (χ2v) is 7.58. The zero-order valence-corrected chi connectivity index (χ0v) is 16.9. The van der Waals surface area contributed by atoms with Crippen LogP contribution in [-0.2, 0) is 6.54 Å². The van der Waals surface area contributed by atoms with Gasteiger partial charge in [0, 0.05) is 23.6 Å². The molecule has 4 aromatic heterocycles. The molecule has 0 radical (unpaired) electrons. The van der Waals surface area contributed by atoms with Gasteiger partial charge in [0.2, 0.25) is 0 Å². The molecule has 4 N–H and O–H groups in total. The molecule has 0 aromatic carbocycles. The zero-order valence-electron chi connectivity index (χ0n) is 16.0. The number of hydrogen-bond donors (Lipinski definition) is 2. The Balaban J connectivity index is 1.70. The first kappa shape index (κ1) is 19.2. The van der Waals surface area contributed by atoms with Crippen molar-refractivity contribution in [3.63, 3.8) is 0 Å². The Morgan fingerprint density at radius 3 is 2.37 bits per heavy atom. The summed E-state index contributed by atoms with van der Waals surface area (Å²) in [4.78, 5) is 0.869. The predicted molar refractivity (Wildman–Crippen MR) is 116 cm³/mol. The molecule has 30 heavy (non-hydrogen) atoms. The van der Waals surface area contributed by atoms with Gasteiger partial charge in [0.05, 0.1) is 16.1 Å². The van der Waals surface area contributed by atoms with Crippen molar-refractivity contribution in [2.45, 2.75) is 13.5 Å². The lowest BCUT2D eigenvalue weighted by Crippen LogP contribution is -1.98. The topological polar surface area (TPSA) is 131 Å². The van der Waals surface area contributed by atoms with Crippen LogP contribution < -0.4 is 11.5 Å². The maximum atomic E-state index is 8.83. The van der Waals surface area contributed by atoms with Gasteiger partial charge in [0.1, 0.15) is 34.9 Å². The maximum absolute atomic E-state index is 8.83. The number of nitriles is 2. The highest BCUT2D eigenvalue weighted by Gasteiger charge is 2.17. The highest BCUT2D eigenvalue weighted by Crippen LogP contribution is 2.37. The van der Waals surface area contributed by atoms with Crippen molar-refractivity contribution < 1.29 is 8.83 Å². The summed E-state index contributed by atoms with van der Waals surface area (Å²) in [7, 11) is 0. The first-order valence-electron chi connectivity index (χ1n) is 9.10. The number of aromatic nitrogens is 1. The summed E-state index contributed by atoms with van der Waals surface area (Å²) in [5.41, 5.74) is 14.0. The van der Waals surface area contributed by atoms with Gasteiger partial charge in [-0.3, -0.25) is 0 Å². The molecule has 0 saturated heterocycles. The SMILES string of the molecule is CCn1c(-c2ccc(/C=C(/N)C#N)o2)ccc1-c1cc2sc(/C=C(\N)C#N)cc2o1. The minimum Gasteiger partial charge on any atom is -0.455 e. The van der Waals surface area contributed by atoms with E-state index >= 15 is 0 Å². The number of nitrogens with zero attached hydrogens (tertiary/aromatic N) is 3. The van der Waals surface area contributed by atoms with Crippen molar-refractivity contribution in [2.24, 2.45) is 11.5 Å². The van der Waals surface area contributed by atoms with Crippen LogP contribution >= 0.6 is 11.3 Å². The molecule has 0 amide bonds. The Bertz CT molecular complexity index is 1350. The second-order valence-electron chi connectivity index (χ2n) is 6.46. The minimum absolute atomic E-state index is 0.0869. The van der Waals surface area contributed by atoms with Crippen LogP contribution in [0.25, 0.3) is 45.3 Å². The quantitative estimate of drug-likeness (QED) is 0.446. The van der Waals surface area contributed by atoms with Crippen molar-refractivity contribution in [2.75, 3.05) is 0 Å². The van der Waals surface area contributed by atoms with Crippen molar-refractivity contribution in [3.8, 4) is 35.0 Å². The van der Waals surface area contributed by atoms with Gasteiger partial charge in [-0.15, -0.1) is 11.3 Å². The molecule has 0 aliphatic rings. The fourth-order valence-corrected chi connectivity index (χ4v) is 4.20. The zero-order chi connectivity index (χ0) is 21.3. The Morgan fingerprint density at radius 2 is 1.70 bits per heavy atom.